The SMILES string of the molecule is COc1ccccc1CCC1=N[C@@H](c2cccc(F)c2)[C@@H](c2cccc(F)c2)N1. The zero-order valence-corrected chi connectivity index (χ0v) is 16.1. The molecule has 5 heteroatoms. The maximum Gasteiger partial charge on any atom is 0.123 e. The van der Waals surface area contributed by atoms with E-state index < -0.39 is 0 Å². The van der Waals surface area contributed by atoms with E-state index in [1.165, 1.54) is 24.3 Å². The Morgan fingerprint density at radius 3 is 2.28 bits per heavy atom. The van der Waals surface area contributed by atoms with E-state index in [1.54, 1.807) is 19.2 Å². The molecule has 1 N–H and O–H groups in total. The molecule has 0 fully saturated rings. The molecular weight excluding hydrogens is 370 g/mol. The van der Waals surface area contributed by atoms with Crippen molar-refractivity contribution in [3.8, 4) is 5.75 Å². The van der Waals surface area contributed by atoms with Gasteiger partial charge in [-0.2, -0.15) is 0 Å². The number of amidine groups is 1. The number of benzene rings is 3. The minimum atomic E-state index is -0.319. The first-order chi connectivity index (χ1) is 14.1. The van der Waals surface area contributed by atoms with Crippen LogP contribution in [0.15, 0.2) is 77.8 Å². The van der Waals surface area contributed by atoms with E-state index in [4.69, 9.17) is 9.73 Å². The van der Waals surface area contributed by atoms with Gasteiger partial charge >= 0.3 is 0 Å². The second-order valence-corrected chi connectivity index (χ2v) is 7.06. The molecular formula is C24H22F2N2O. The average Bonchev–Trinajstić information content (AvgIpc) is 3.17. The van der Waals surface area contributed by atoms with Crippen LogP contribution in [0.4, 0.5) is 8.78 Å². The zero-order chi connectivity index (χ0) is 20.2. The minimum absolute atomic E-state index is 0.250. The molecule has 1 aliphatic heterocycles. The number of hydrogen-bond donors (Lipinski definition) is 1. The Morgan fingerprint density at radius 2 is 1.55 bits per heavy atom. The first kappa shape index (κ1) is 19.1. The highest BCUT2D eigenvalue weighted by atomic mass is 19.1. The first-order valence-corrected chi connectivity index (χ1v) is 9.60. The maximum atomic E-state index is 13.8. The topological polar surface area (TPSA) is 33.6 Å². The molecule has 3 nitrogen and oxygen atoms in total. The van der Waals surface area contributed by atoms with Crippen LogP contribution in [0.2, 0.25) is 0 Å². The van der Waals surface area contributed by atoms with Crippen LogP contribution in [0.1, 0.15) is 35.2 Å². The Hall–Kier alpha value is -3.21. The summed E-state index contributed by atoms with van der Waals surface area (Å²) in [6.45, 7) is 0. The zero-order valence-electron chi connectivity index (χ0n) is 16.1. The van der Waals surface area contributed by atoms with Gasteiger partial charge < -0.3 is 10.1 Å². The fourth-order valence-corrected chi connectivity index (χ4v) is 3.76. The molecule has 0 unspecified atom stereocenters. The summed E-state index contributed by atoms with van der Waals surface area (Å²) < 4.78 is 33.1. The van der Waals surface area contributed by atoms with E-state index in [0.29, 0.717) is 6.42 Å². The van der Waals surface area contributed by atoms with Gasteiger partial charge in [0.1, 0.15) is 23.4 Å². The van der Waals surface area contributed by atoms with E-state index in [9.17, 15) is 8.78 Å². The number of methoxy groups -OCH3 is 1. The van der Waals surface area contributed by atoms with Gasteiger partial charge in [-0.1, -0.05) is 42.5 Å². The molecule has 0 bridgehead atoms. The van der Waals surface area contributed by atoms with Gasteiger partial charge in [0.15, 0.2) is 0 Å². The maximum absolute atomic E-state index is 13.8. The molecule has 2 atom stereocenters. The van der Waals surface area contributed by atoms with Gasteiger partial charge in [-0.3, -0.25) is 4.99 Å². The van der Waals surface area contributed by atoms with Gasteiger partial charge in [0.2, 0.25) is 0 Å². The van der Waals surface area contributed by atoms with Gasteiger partial charge in [-0.05, 0) is 53.4 Å². The third-order valence-electron chi connectivity index (χ3n) is 5.15. The molecule has 3 aromatic rings. The van der Waals surface area contributed by atoms with Crippen molar-refractivity contribution in [3.05, 3.63) is 101 Å². The van der Waals surface area contributed by atoms with Crippen LogP contribution in [0.25, 0.3) is 0 Å². The molecule has 4 rings (SSSR count). The van der Waals surface area contributed by atoms with Crippen LogP contribution in [0.3, 0.4) is 0 Å². The van der Waals surface area contributed by atoms with Crippen molar-refractivity contribution in [2.75, 3.05) is 7.11 Å². The largest absolute Gasteiger partial charge is 0.496 e. The highest BCUT2D eigenvalue weighted by Crippen LogP contribution is 2.37. The lowest BCUT2D eigenvalue weighted by Gasteiger charge is -2.20. The van der Waals surface area contributed by atoms with Crippen LogP contribution >= 0.6 is 0 Å². The summed E-state index contributed by atoms with van der Waals surface area (Å²) in [5.41, 5.74) is 2.64. The second-order valence-electron chi connectivity index (χ2n) is 7.06. The van der Waals surface area contributed by atoms with Crippen molar-refractivity contribution < 1.29 is 13.5 Å². The molecule has 0 aromatic heterocycles. The summed E-state index contributed by atoms with van der Waals surface area (Å²) in [5, 5.41) is 3.43. The number of ether oxygens (including phenoxy) is 1. The lowest BCUT2D eigenvalue weighted by molar-refractivity contribution is 0.410. The highest BCUT2D eigenvalue weighted by Gasteiger charge is 2.31. The predicted octanol–water partition coefficient (Wildman–Crippen LogP) is 5.39. The summed E-state index contributed by atoms with van der Waals surface area (Å²) >= 11 is 0. The number of aryl methyl sites for hydroxylation is 1. The van der Waals surface area contributed by atoms with Gasteiger partial charge in [0.25, 0.3) is 0 Å². The van der Waals surface area contributed by atoms with Gasteiger partial charge in [0, 0.05) is 6.42 Å². The van der Waals surface area contributed by atoms with E-state index in [0.717, 1.165) is 34.7 Å². The fourth-order valence-electron chi connectivity index (χ4n) is 3.76. The Bertz CT molecular complexity index is 1030. The quantitative estimate of drug-likeness (QED) is 0.610. The lowest BCUT2D eigenvalue weighted by atomic mass is 9.95. The van der Waals surface area contributed by atoms with Crippen LogP contribution in [0.5, 0.6) is 5.75 Å². The summed E-state index contributed by atoms with van der Waals surface area (Å²) in [6.07, 6.45) is 1.43. The van der Waals surface area contributed by atoms with E-state index in [-0.39, 0.29) is 23.7 Å². The molecule has 3 aromatic carbocycles. The van der Waals surface area contributed by atoms with Crippen molar-refractivity contribution in [1.29, 1.82) is 0 Å². The van der Waals surface area contributed by atoms with E-state index in [2.05, 4.69) is 5.32 Å². The van der Waals surface area contributed by atoms with Crippen molar-refractivity contribution in [1.82, 2.24) is 5.32 Å². The number of rotatable bonds is 6. The number of halogens is 2. The van der Waals surface area contributed by atoms with Crippen molar-refractivity contribution >= 4 is 5.84 Å². The lowest BCUT2D eigenvalue weighted by Crippen LogP contribution is -2.25. The molecule has 0 amide bonds. The van der Waals surface area contributed by atoms with Crippen LogP contribution < -0.4 is 10.1 Å². The molecule has 1 aliphatic rings. The number of para-hydroxylation sites is 1. The number of nitrogens with one attached hydrogen (secondary N) is 1. The average molecular weight is 392 g/mol. The molecule has 29 heavy (non-hydrogen) atoms. The molecule has 148 valence electrons. The van der Waals surface area contributed by atoms with Crippen LogP contribution in [-0.2, 0) is 6.42 Å². The third-order valence-corrected chi connectivity index (χ3v) is 5.15. The predicted molar refractivity (Wildman–Crippen MR) is 110 cm³/mol. The van der Waals surface area contributed by atoms with Crippen molar-refractivity contribution in [2.24, 2.45) is 4.99 Å². The van der Waals surface area contributed by atoms with Gasteiger partial charge in [-0.15, -0.1) is 0 Å². The Morgan fingerprint density at radius 1 is 0.862 bits per heavy atom. The summed E-state index contributed by atoms with van der Waals surface area (Å²) in [7, 11) is 1.66. The Labute approximate surface area is 169 Å². The summed E-state index contributed by atoms with van der Waals surface area (Å²) in [5.74, 6) is 1.05. The third kappa shape index (κ3) is 4.29. The minimum Gasteiger partial charge on any atom is -0.496 e. The van der Waals surface area contributed by atoms with Gasteiger partial charge in [0.05, 0.1) is 19.0 Å². The van der Waals surface area contributed by atoms with Crippen molar-refractivity contribution in [2.45, 2.75) is 24.9 Å². The normalized spacial score (nSPS) is 18.2. The Balaban J connectivity index is 1.60. The first-order valence-electron chi connectivity index (χ1n) is 9.60. The van der Waals surface area contributed by atoms with E-state index in [1.807, 2.05) is 36.4 Å². The van der Waals surface area contributed by atoms with Crippen molar-refractivity contribution in [3.63, 3.8) is 0 Å². The monoisotopic (exact) mass is 392 g/mol. The number of nitrogens with zero attached hydrogens (tertiary/aromatic N) is 1. The summed E-state index contributed by atoms with van der Waals surface area (Å²) in [4.78, 5) is 4.83. The molecule has 0 radical (unpaired) electrons. The molecule has 0 aliphatic carbocycles. The van der Waals surface area contributed by atoms with E-state index >= 15 is 0 Å². The van der Waals surface area contributed by atoms with Gasteiger partial charge in [-0.25, -0.2) is 8.78 Å². The second kappa shape index (κ2) is 8.43. The number of hydrogen-bond acceptors (Lipinski definition) is 3. The van der Waals surface area contributed by atoms with Crippen LogP contribution in [-0.4, -0.2) is 12.9 Å². The molecule has 0 saturated carbocycles. The standard InChI is InChI=1S/C24H22F2N2O/c1-29-21-11-3-2-6-16(21)12-13-22-27-23(17-7-4-9-19(25)14-17)24(28-22)18-8-5-10-20(26)15-18/h2-11,14-15,23-24H,12-13H2,1H3,(H,27,28)/t23-,24+. The number of aliphatic imine (C=N–C) groups is 1. The fraction of sp³-hybridized carbons (Fsp3) is 0.208. The smallest absolute Gasteiger partial charge is 0.123 e. The Kier molecular flexibility index (Phi) is 5.56. The molecule has 0 saturated heterocycles. The molecule has 1 heterocycles. The molecule has 0 spiro atoms. The summed E-state index contributed by atoms with van der Waals surface area (Å²) in [6, 6.07) is 20.2. The highest BCUT2D eigenvalue weighted by molar-refractivity contribution is 5.85. The van der Waals surface area contributed by atoms with Crippen LogP contribution in [0, 0.1) is 11.6 Å².